The van der Waals surface area contributed by atoms with Crippen LogP contribution in [0.4, 0.5) is 10.5 Å². The summed E-state index contributed by atoms with van der Waals surface area (Å²) in [5, 5.41) is 8.92. The average molecular weight is 313 g/mol. The normalized spacial score (nSPS) is 23.6. The molecule has 1 aromatic carbocycles. The number of hydrogen-bond donors (Lipinski definition) is 0. The Morgan fingerprint density at radius 2 is 1.74 bits per heavy atom. The molecular weight excluding hydrogens is 290 g/mol. The number of amides is 1. The van der Waals surface area contributed by atoms with Crippen LogP contribution in [0.2, 0.25) is 0 Å². The Hall–Kier alpha value is -2.22. The van der Waals surface area contributed by atoms with Crippen LogP contribution >= 0.6 is 0 Å². The largest absolute Gasteiger partial charge is 0.444 e. The molecule has 2 atom stereocenters. The molecular formula is C18H23N3O2. The van der Waals surface area contributed by atoms with Gasteiger partial charge in [-0.1, -0.05) is 0 Å². The number of rotatable bonds is 1. The van der Waals surface area contributed by atoms with Crippen molar-refractivity contribution < 1.29 is 9.53 Å². The fourth-order valence-electron chi connectivity index (χ4n) is 3.51. The highest BCUT2D eigenvalue weighted by Crippen LogP contribution is 2.35. The van der Waals surface area contributed by atoms with Crippen LogP contribution in [-0.2, 0) is 4.74 Å². The van der Waals surface area contributed by atoms with E-state index in [1.807, 2.05) is 49.9 Å². The summed E-state index contributed by atoms with van der Waals surface area (Å²) in [6, 6.07) is 10.5. The summed E-state index contributed by atoms with van der Waals surface area (Å²) in [5.41, 5.74) is 1.36. The van der Waals surface area contributed by atoms with Crippen LogP contribution in [0.3, 0.4) is 0 Å². The minimum Gasteiger partial charge on any atom is -0.444 e. The van der Waals surface area contributed by atoms with Gasteiger partial charge in [-0.25, -0.2) is 4.79 Å². The van der Waals surface area contributed by atoms with Gasteiger partial charge in [-0.2, -0.15) is 5.26 Å². The fourth-order valence-corrected chi connectivity index (χ4v) is 3.51. The molecule has 2 saturated heterocycles. The van der Waals surface area contributed by atoms with Crippen molar-refractivity contribution in [1.29, 1.82) is 5.26 Å². The van der Waals surface area contributed by atoms with Gasteiger partial charge < -0.3 is 14.5 Å². The van der Waals surface area contributed by atoms with Crippen LogP contribution in [0, 0.1) is 11.3 Å². The van der Waals surface area contributed by atoms with Crippen molar-refractivity contribution >= 4 is 11.8 Å². The zero-order valence-electron chi connectivity index (χ0n) is 14.0. The van der Waals surface area contributed by atoms with Crippen LogP contribution in [0.1, 0.15) is 39.2 Å². The zero-order valence-corrected chi connectivity index (χ0v) is 14.0. The van der Waals surface area contributed by atoms with Crippen molar-refractivity contribution in [3.63, 3.8) is 0 Å². The molecule has 1 amide bonds. The van der Waals surface area contributed by atoms with Crippen molar-refractivity contribution in [2.75, 3.05) is 18.0 Å². The first-order valence-electron chi connectivity index (χ1n) is 8.14. The molecule has 23 heavy (non-hydrogen) atoms. The van der Waals surface area contributed by atoms with Gasteiger partial charge in [0.2, 0.25) is 0 Å². The van der Waals surface area contributed by atoms with E-state index in [9.17, 15) is 4.79 Å². The number of nitrogens with zero attached hydrogens (tertiary/aromatic N) is 3. The van der Waals surface area contributed by atoms with Crippen molar-refractivity contribution in [2.24, 2.45) is 0 Å². The molecule has 2 aliphatic rings. The second kappa shape index (κ2) is 5.77. The number of carbonyl (C=O) groups is 1. The molecule has 0 N–H and O–H groups in total. The van der Waals surface area contributed by atoms with E-state index in [0.717, 1.165) is 18.5 Å². The predicted octanol–water partition coefficient (Wildman–Crippen LogP) is 3.15. The summed E-state index contributed by atoms with van der Waals surface area (Å²) in [7, 11) is 0. The number of likely N-dealkylation sites (tertiary alicyclic amines) is 1. The van der Waals surface area contributed by atoms with Crippen LogP contribution in [0.5, 0.6) is 0 Å². The molecule has 122 valence electrons. The molecule has 2 fully saturated rings. The van der Waals surface area contributed by atoms with Crippen molar-refractivity contribution in [2.45, 2.75) is 51.3 Å². The molecule has 2 heterocycles. The Kier molecular flexibility index (Phi) is 3.93. The van der Waals surface area contributed by atoms with Crippen molar-refractivity contribution in [1.82, 2.24) is 4.90 Å². The van der Waals surface area contributed by atoms with Gasteiger partial charge in [0.1, 0.15) is 5.60 Å². The highest BCUT2D eigenvalue weighted by atomic mass is 16.6. The SMILES string of the molecule is CC(C)(C)OC(=O)N1CC2CCC(C1)N2c1ccc(C#N)cc1. The van der Waals surface area contributed by atoms with E-state index in [1.54, 1.807) is 0 Å². The molecule has 3 rings (SSSR count). The minimum atomic E-state index is -0.458. The predicted molar refractivity (Wildman–Crippen MR) is 88.3 cm³/mol. The molecule has 0 aromatic heterocycles. The Morgan fingerprint density at radius 3 is 2.22 bits per heavy atom. The number of carbonyl (C=O) groups excluding carboxylic acids is 1. The molecule has 5 heteroatoms. The summed E-state index contributed by atoms with van der Waals surface area (Å²) >= 11 is 0. The molecule has 0 saturated carbocycles. The summed E-state index contributed by atoms with van der Waals surface area (Å²) in [6.07, 6.45) is 1.96. The quantitative estimate of drug-likeness (QED) is 0.799. The first-order valence-corrected chi connectivity index (χ1v) is 8.14. The first-order chi connectivity index (χ1) is 10.9. The molecule has 2 unspecified atom stereocenters. The Balaban J connectivity index is 1.72. The highest BCUT2D eigenvalue weighted by molar-refractivity contribution is 5.69. The van der Waals surface area contributed by atoms with Gasteiger partial charge in [-0.3, -0.25) is 0 Å². The standard InChI is InChI=1S/C18H23N3O2/c1-18(2,3)23-17(22)20-11-15-8-9-16(12-20)21(15)14-6-4-13(10-19)5-7-14/h4-7,15-16H,8-9,11-12H2,1-3H3. The van der Waals surface area contributed by atoms with Crippen LogP contribution in [0.15, 0.2) is 24.3 Å². The number of ether oxygens (including phenoxy) is 1. The lowest BCUT2D eigenvalue weighted by Crippen LogP contribution is -2.56. The maximum absolute atomic E-state index is 12.3. The molecule has 2 aliphatic heterocycles. The van der Waals surface area contributed by atoms with Gasteiger partial charge in [0.05, 0.1) is 11.6 Å². The van der Waals surface area contributed by atoms with E-state index in [0.29, 0.717) is 30.7 Å². The first kappa shape index (κ1) is 15.7. The Labute approximate surface area is 137 Å². The molecule has 1 aromatic rings. The highest BCUT2D eigenvalue weighted by Gasteiger charge is 2.42. The van der Waals surface area contributed by atoms with Crippen LogP contribution < -0.4 is 4.90 Å². The van der Waals surface area contributed by atoms with E-state index >= 15 is 0 Å². The number of hydrogen-bond acceptors (Lipinski definition) is 4. The molecule has 0 aliphatic carbocycles. The maximum Gasteiger partial charge on any atom is 0.410 e. The Bertz CT molecular complexity index is 613. The average Bonchev–Trinajstić information content (AvgIpc) is 2.75. The number of nitriles is 1. The third-order valence-corrected chi connectivity index (χ3v) is 4.43. The van der Waals surface area contributed by atoms with Gasteiger partial charge in [0.25, 0.3) is 0 Å². The summed E-state index contributed by atoms with van der Waals surface area (Å²) in [6.45, 7) is 7.09. The Morgan fingerprint density at radius 1 is 1.17 bits per heavy atom. The number of anilines is 1. The monoisotopic (exact) mass is 313 g/mol. The molecule has 0 spiro atoms. The second-order valence-corrected chi connectivity index (χ2v) is 7.34. The lowest BCUT2D eigenvalue weighted by atomic mass is 10.1. The lowest BCUT2D eigenvalue weighted by molar-refractivity contribution is 0.0209. The van der Waals surface area contributed by atoms with Gasteiger partial charge in [-0.05, 0) is 57.9 Å². The molecule has 2 bridgehead atoms. The minimum absolute atomic E-state index is 0.214. The van der Waals surface area contributed by atoms with E-state index < -0.39 is 5.60 Å². The van der Waals surface area contributed by atoms with Gasteiger partial charge >= 0.3 is 6.09 Å². The van der Waals surface area contributed by atoms with Crippen LogP contribution in [0.25, 0.3) is 0 Å². The molecule has 0 radical (unpaired) electrons. The van der Waals surface area contributed by atoms with Crippen LogP contribution in [-0.4, -0.2) is 41.8 Å². The molecule has 5 nitrogen and oxygen atoms in total. The maximum atomic E-state index is 12.3. The van der Waals surface area contributed by atoms with Gasteiger partial charge in [-0.15, -0.1) is 0 Å². The van der Waals surface area contributed by atoms with Gasteiger partial charge in [0.15, 0.2) is 0 Å². The van der Waals surface area contributed by atoms with Gasteiger partial charge in [0, 0.05) is 30.9 Å². The summed E-state index contributed by atoms with van der Waals surface area (Å²) in [4.78, 5) is 16.6. The van der Waals surface area contributed by atoms with E-state index in [4.69, 9.17) is 10.00 Å². The van der Waals surface area contributed by atoms with E-state index in [-0.39, 0.29) is 6.09 Å². The van der Waals surface area contributed by atoms with Crippen molar-refractivity contribution in [3.8, 4) is 6.07 Å². The van der Waals surface area contributed by atoms with E-state index in [1.165, 1.54) is 0 Å². The van der Waals surface area contributed by atoms with Crippen molar-refractivity contribution in [3.05, 3.63) is 29.8 Å². The third-order valence-electron chi connectivity index (χ3n) is 4.43. The van der Waals surface area contributed by atoms with E-state index in [2.05, 4.69) is 11.0 Å². The zero-order chi connectivity index (χ0) is 16.6. The third kappa shape index (κ3) is 3.26. The second-order valence-electron chi connectivity index (χ2n) is 7.34. The summed E-state index contributed by atoms with van der Waals surface area (Å²) in [5.74, 6) is 0. The fraction of sp³-hybridized carbons (Fsp3) is 0.556. The topological polar surface area (TPSA) is 56.6 Å². The lowest BCUT2D eigenvalue weighted by Gasteiger charge is -2.42. The summed E-state index contributed by atoms with van der Waals surface area (Å²) < 4.78 is 5.51. The number of fused-ring (bicyclic) bond motifs is 2. The number of benzene rings is 1. The smallest absolute Gasteiger partial charge is 0.410 e. The number of piperazine rings is 1.